The summed E-state index contributed by atoms with van der Waals surface area (Å²) in [5.41, 5.74) is 3.39. The molecule has 3 aromatic heterocycles. The average Bonchev–Trinajstić information content (AvgIpc) is 3.47. The van der Waals surface area contributed by atoms with Crippen LogP contribution in [0.3, 0.4) is 0 Å². The lowest BCUT2D eigenvalue weighted by Crippen LogP contribution is -2.44. The van der Waals surface area contributed by atoms with Gasteiger partial charge < -0.3 is 20.4 Å². The van der Waals surface area contributed by atoms with Gasteiger partial charge in [0.2, 0.25) is 5.95 Å². The Morgan fingerprint density at radius 1 is 0.976 bits per heavy atom. The second-order valence-corrected chi connectivity index (χ2v) is 11.0. The maximum absolute atomic E-state index is 13.7. The fraction of sp³-hybridized carbons (Fsp3) is 0.276. The molecule has 0 saturated carbocycles. The van der Waals surface area contributed by atoms with E-state index in [1.165, 1.54) is 16.6 Å². The smallest absolute Gasteiger partial charge is 0.282 e. The minimum atomic E-state index is -0.436. The number of halogens is 2. The summed E-state index contributed by atoms with van der Waals surface area (Å²) in [6.07, 6.45) is 5.07. The number of aromatic nitrogens is 6. The van der Waals surface area contributed by atoms with E-state index >= 15 is 0 Å². The van der Waals surface area contributed by atoms with Crippen LogP contribution in [0.5, 0.6) is 0 Å². The van der Waals surface area contributed by atoms with Gasteiger partial charge in [0.25, 0.3) is 5.56 Å². The maximum Gasteiger partial charge on any atom is 0.282 e. The monoisotopic (exact) mass is 604 g/mol. The average molecular weight is 606 g/mol. The van der Waals surface area contributed by atoms with Gasteiger partial charge in [-0.3, -0.25) is 9.48 Å². The highest BCUT2D eigenvalue weighted by Gasteiger charge is 2.20. The third kappa shape index (κ3) is 5.68. The van der Waals surface area contributed by atoms with Crippen molar-refractivity contribution in [3.05, 3.63) is 81.5 Å². The van der Waals surface area contributed by atoms with Crippen molar-refractivity contribution < 1.29 is 0 Å². The second kappa shape index (κ2) is 12.1. The van der Waals surface area contributed by atoms with Gasteiger partial charge in [0.05, 0.1) is 28.2 Å². The van der Waals surface area contributed by atoms with E-state index in [2.05, 4.69) is 49.7 Å². The number of hydrogen-bond acceptors (Lipinski definition) is 9. The van der Waals surface area contributed by atoms with E-state index in [1.807, 2.05) is 25.4 Å². The number of hydrogen-bond donors (Lipinski definition) is 2. The largest absolute Gasteiger partial charge is 0.369 e. The van der Waals surface area contributed by atoms with Gasteiger partial charge in [-0.05, 0) is 50.5 Å². The molecule has 5 aromatic rings. The number of nitrogens with zero attached hydrogens (tertiary/aromatic N) is 8. The van der Waals surface area contributed by atoms with Gasteiger partial charge in [0, 0.05) is 62.1 Å². The molecule has 2 N–H and O–H groups in total. The number of likely N-dealkylation sites (N-methyl/N-ethyl adjacent to an activating group) is 2. The second-order valence-electron chi connectivity index (χ2n) is 10.1. The molecule has 0 atom stereocenters. The van der Waals surface area contributed by atoms with Crippen molar-refractivity contribution in [1.29, 1.82) is 0 Å². The molecule has 13 heteroatoms. The zero-order valence-corrected chi connectivity index (χ0v) is 24.8. The van der Waals surface area contributed by atoms with Gasteiger partial charge in [0.15, 0.2) is 0 Å². The third-order valence-electron chi connectivity index (χ3n) is 7.27. The molecule has 0 amide bonds. The quantitative estimate of drug-likeness (QED) is 0.271. The standard InChI is InChI=1S/C29H30Cl2N10O/c1-32-10-11-40-18-19(16-34-40)25-26-22(28(42)41(37-25)27-23(30)4-3-5-24(27)31)17-33-29(36-26)35-20-6-8-21(9-7-20)39-14-12-38(2)13-15-39/h3-9,16-18,32H,10-15H2,1-2H3,(H,33,35,36). The fourth-order valence-electron chi connectivity index (χ4n) is 4.91. The van der Waals surface area contributed by atoms with E-state index in [0.29, 0.717) is 45.0 Å². The number of fused-ring (bicyclic) bond motifs is 1. The van der Waals surface area contributed by atoms with E-state index in [9.17, 15) is 4.79 Å². The highest BCUT2D eigenvalue weighted by Crippen LogP contribution is 2.30. The first-order valence-corrected chi connectivity index (χ1v) is 14.4. The van der Waals surface area contributed by atoms with Crippen molar-refractivity contribution in [2.24, 2.45) is 0 Å². The number of nitrogens with one attached hydrogen (secondary N) is 2. The number of para-hydroxylation sites is 1. The Morgan fingerprint density at radius 3 is 2.43 bits per heavy atom. The number of piperazine rings is 1. The Bertz CT molecular complexity index is 1760. The third-order valence-corrected chi connectivity index (χ3v) is 7.88. The first kappa shape index (κ1) is 28.1. The Balaban J connectivity index is 1.39. The molecule has 42 heavy (non-hydrogen) atoms. The molecule has 0 aliphatic carbocycles. The topological polar surface area (TPSA) is 109 Å². The van der Waals surface area contributed by atoms with E-state index in [4.69, 9.17) is 33.3 Å². The van der Waals surface area contributed by atoms with Crippen molar-refractivity contribution in [3.63, 3.8) is 0 Å². The van der Waals surface area contributed by atoms with Gasteiger partial charge in [-0.2, -0.15) is 14.9 Å². The fourth-order valence-corrected chi connectivity index (χ4v) is 5.46. The molecule has 1 fully saturated rings. The van der Waals surface area contributed by atoms with Crippen molar-refractivity contribution >= 4 is 51.4 Å². The van der Waals surface area contributed by atoms with Crippen LogP contribution in [0.2, 0.25) is 10.0 Å². The van der Waals surface area contributed by atoms with Crippen LogP contribution < -0.4 is 21.1 Å². The van der Waals surface area contributed by atoms with Crippen LogP contribution in [0, 0.1) is 0 Å². The van der Waals surface area contributed by atoms with Crippen LogP contribution in [0.1, 0.15) is 0 Å². The van der Waals surface area contributed by atoms with Gasteiger partial charge in [0.1, 0.15) is 16.9 Å². The van der Waals surface area contributed by atoms with E-state index in [-0.39, 0.29) is 5.39 Å². The molecule has 1 saturated heterocycles. The molecule has 2 aromatic carbocycles. The van der Waals surface area contributed by atoms with Crippen molar-refractivity contribution in [3.8, 4) is 16.9 Å². The lowest BCUT2D eigenvalue weighted by molar-refractivity contribution is 0.313. The first-order valence-electron chi connectivity index (χ1n) is 13.6. The van der Waals surface area contributed by atoms with E-state index in [1.54, 1.807) is 29.1 Å². The Labute approximate surface area is 252 Å². The highest BCUT2D eigenvalue weighted by atomic mass is 35.5. The molecule has 0 radical (unpaired) electrons. The summed E-state index contributed by atoms with van der Waals surface area (Å²) in [6, 6.07) is 13.2. The Morgan fingerprint density at radius 2 is 1.71 bits per heavy atom. The SMILES string of the molecule is CNCCn1cc(-c2nn(-c3c(Cl)cccc3Cl)c(=O)c3cnc(Nc4ccc(N5CCN(C)CC5)cc4)nc23)cn1. The zero-order valence-electron chi connectivity index (χ0n) is 23.3. The summed E-state index contributed by atoms with van der Waals surface area (Å²) in [6.45, 7) is 5.48. The van der Waals surface area contributed by atoms with Crippen molar-refractivity contribution in [2.75, 3.05) is 57.0 Å². The molecule has 6 rings (SSSR count). The summed E-state index contributed by atoms with van der Waals surface area (Å²) < 4.78 is 3.01. The molecule has 0 unspecified atom stereocenters. The van der Waals surface area contributed by atoms with Crippen molar-refractivity contribution in [1.82, 2.24) is 39.7 Å². The molecule has 1 aliphatic rings. The van der Waals surface area contributed by atoms with Crippen molar-refractivity contribution in [2.45, 2.75) is 6.54 Å². The molecule has 11 nitrogen and oxygen atoms in total. The molecule has 1 aliphatic heterocycles. The molecular formula is C29H30Cl2N10O. The minimum absolute atomic E-state index is 0.273. The van der Waals surface area contributed by atoms with Crippen LogP contribution >= 0.6 is 23.2 Å². The van der Waals surface area contributed by atoms with Gasteiger partial charge in [-0.15, -0.1) is 0 Å². The molecule has 4 heterocycles. The van der Waals surface area contributed by atoms with E-state index in [0.717, 1.165) is 38.4 Å². The molecule has 0 spiro atoms. The van der Waals surface area contributed by atoms with Crippen LogP contribution in [0.15, 0.2) is 65.8 Å². The normalized spacial score (nSPS) is 14.0. The van der Waals surface area contributed by atoms with Gasteiger partial charge in [-0.1, -0.05) is 29.3 Å². The summed E-state index contributed by atoms with van der Waals surface area (Å²) >= 11 is 13.0. The molecule has 216 valence electrons. The minimum Gasteiger partial charge on any atom is -0.369 e. The van der Waals surface area contributed by atoms with Crippen LogP contribution in [0.4, 0.5) is 17.3 Å². The Kier molecular flexibility index (Phi) is 8.07. The summed E-state index contributed by atoms with van der Waals surface area (Å²) in [4.78, 5) is 27.6. The zero-order chi connectivity index (χ0) is 29.2. The lowest BCUT2D eigenvalue weighted by atomic mass is 10.2. The van der Waals surface area contributed by atoms with Crippen LogP contribution in [-0.4, -0.2) is 81.2 Å². The predicted molar refractivity (Wildman–Crippen MR) is 168 cm³/mol. The van der Waals surface area contributed by atoms with Crippen LogP contribution in [0.25, 0.3) is 27.8 Å². The first-order chi connectivity index (χ1) is 20.4. The van der Waals surface area contributed by atoms with Crippen LogP contribution in [-0.2, 0) is 6.54 Å². The summed E-state index contributed by atoms with van der Waals surface area (Å²) in [7, 11) is 4.03. The number of anilines is 3. The summed E-state index contributed by atoms with van der Waals surface area (Å²) in [5, 5.41) is 16.4. The predicted octanol–water partition coefficient (Wildman–Crippen LogP) is 4.06. The van der Waals surface area contributed by atoms with Gasteiger partial charge in [-0.25, -0.2) is 9.97 Å². The van der Waals surface area contributed by atoms with Gasteiger partial charge >= 0.3 is 0 Å². The molecular weight excluding hydrogens is 575 g/mol. The maximum atomic E-state index is 13.7. The summed E-state index contributed by atoms with van der Waals surface area (Å²) in [5.74, 6) is 0.341. The number of benzene rings is 2. The number of rotatable bonds is 8. The Hall–Kier alpha value is -4.03. The lowest BCUT2D eigenvalue weighted by Gasteiger charge is -2.34. The highest BCUT2D eigenvalue weighted by molar-refractivity contribution is 6.37. The van der Waals surface area contributed by atoms with E-state index < -0.39 is 5.56 Å². The molecule has 0 bridgehead atoms.